The molecule has 0 N–H and O–H groups in total. The van der Waals surface area contributed by atoms with Crippen molar-refractivity contribution >= 4 is 0 Å². The van der Waals surface area contributed by atoms with Crippen LogP contribution in [0.25, 0.3) is 0 Å². The lowest BCUT2D eigenvalue weighted by Crippen LogP contribution is -2.21. The molecule has 0 saturated carbocycles. The second-order valence-electron chi connectivity index (χ2n) is 7.59. The average molecular weight is 333 g/mol. The minimum Gasteiger partial charge on any atom is -0.0996 e. The molecule has 0 radical (unpaired) electrons. The van der Waals surface area contributed by atoms with Gasteiger partial charge >= 0.3 is 0 Å². The van der Waals surface area contributed by atoms with Crippen molar-refractivity contribution in [3.63, 3.8) is 0 Å². The van der Waals surface area contributed by atoms with Gasteiger partial charge in [-0.25, -0.2) is 0 Å². The highest BCUT2D eigenvalue weighted by atomic mass is 14.3. The Morgan fingerprint density at radius 1 is 0.917 bits per heavy atom. The summed E-state index contributed by atoms with van der Waals surface area (Å²) in [7, 11) is 0. The van der Waals surface area contributed by atoms with Crippen molar-refractivity contribution in [3.8, 4) is 0 Å². The zero-order valence-corrected chi connectivity index (χ0v) is 17.4. The smallest absolute Gasteiger partial charge is 0.00591 e. The number of allylic oxidation sites excluding steroid dienone is 5. The Kier molecular flexibility index (Phi) is 14.1. The summed E-state index contributed by atoms with van der Waals surface area (Å²) in [5, 5.41) is 0. The highest BCUT2D eigenvalue weighted by Crippen LogP contribution is 2.41. The molecule has 0 bridgehead atoms. The molecular formula is C24H44. The quantitative estimate of drug-likeness (QED) is 0.160. The molecule has 0 nitrogen and oxygen atoms in total. The summed E-state index contributed by atoms with van der Waals surface area (Å²) >= 11 is 0. The van der Waals surface area contributed by atoms with E-state index in [9.17, 15) is 0 Å². The van der Waals surface area contributed by atoms with Gasteiger partial charge in [0.05, 0.1) is 0 Å². The first-order valence-corrected chi connectivity index (χ1v) is 10.5. The maximum Gasteiger partial charge on any atom is -0.00591 e. The molecule has 0 aromatic carbocycles. The third-order valence-corrected chi connectivity index (χ3v) is 5.55. The third kappa shape index (κ3) is 9.50. The lowest BCUT2D eigenvalue weighted by atomic mass is 9.71. The van der Waals surface area contributed by atoms with Gasteiger partial charge in [-0.1, -0.05) is 109 Å². The average Bonchev–Trinajstić information content (AvgIpc) is 2.57. The Morgan fingerprint density at radius 3 is 2.17 bits per heavy atom. The molecule has 2 atom stereocenters. The van der Waals surface area contributed by atoms with Gasteiger partial charge in [0.15, 0.2) is 0 Å². The summed E-state index contributed by atoms with van der Waals surface area (Å²) in [6.07, 6.45) is 23.3. The normalized spacial score (nSPS) is 15.9. The maximum absolute atomic E-state index is 4.37. The zero-order chi connectivity index (χ0) is 18.3. The van der Waals surface area contributed by atoms with Crippen LogP contribution in [-0.4, -0.2) is 0 Å². The Hall–Kier alpha value is -0.780. The summed E-state index contributed by atoms with van der Waals surface area (Å²) in [4.78, 5) is 0. The van der Waals surface area contributed by atoms with Gasteiger partial charge in [0, 0.05) is 0 Å². The number of rotatable bonds is 15. The molecule has 2 unspecified atom stereocenters. The molecule has 0 spiro atoms. The van der Waals surface area contributed by atoms with Crippen molar-refractivity contribution in [3.05, 3.63) is 36.5 Å². The van der Waals surface area contributed by atoms with E-state index in [2.05, 4.69) is 65.5 Å². The highest BCUT2D eigenvalue weighted by molar-refractivity contribution is 5.12. The van der Waals surface area contributed by atoms with E-state index < -0.39 is 0 Å². The van der Waals surface area contributed by atoms with Crippen LogP contribution < -0.4 is 0 Å². The van der Waals surface area contributed by atoms with Crippen molar-refractivity contribution in [2.45, 2.75) is 105 Å². The first-order valence-electron chi connectivity index (χ1n) is 10.5. The first-order chi connectivity index (χ1) is 11.6. The van der Waals surface area contributed by atoms with Crippen LogP contribution >= 0.6 is 0 Å². The Morgan fingerprint density at radius 2 is 1.62 bits per heavy atom. The summed E-state index contributed by atoms with van der Waals surface area (Å²) in [5.74, 6) is 0.944. The van der Waals surface area contributed by atoms with Crippen LogP contribution in [0.3, 0.4) is 0 Å². The lowest BCUT2D eigenvalue weighted by Gasteiger charge is -2.34. The lowest BCUT2D eigenvalue weighted by molar-refractivity contribution is 0.282. The Labute approximate surface area is 153 Å². The monoisotopic (exact) mass is 332 g/mol. The van der Waals surface area contributed by atoms with E-state index in [1.165, 1.54) is 63.4 Å². The molecule has 0 rings (SSSR count). The molecule has 0 aliphatic carbocycles. The summed E-state index contributed by atoms with van der Waals surface area (Å²) in [5.41, 5.74) is 1.70. The van der Waals surface area contributed by atoms with Gasteiger partial charge in [0.1, 0.15) is 0 Å². The fraction of sp³-hybridized carbons (Fsp3) is 0.750. The molecule has 0 heteroatoms. The second-order valence-corrected chi connectivity index (χ2v) is 7.59. The molecule has 0 amide bonds. The van der Waals surface area contributed by atoms with E-state index in [0.717, 1.165) is 18.8 Å². The van der Waals surface area contributed by atoms with Crippen molar-refractivity contribution in [1.29, 1.82) is 0 Å². The second kappa shape index (κ2) is 14.6. The molecule has 0 aliphatic heterocycles. The molecule has 0 saturated heterocycles. The van der Waals surface area contributed by atoms with Gasteiger partial charge in [-0.05, 0) is 43.9 Å². The van der Waals surface area contributed by atoms with Crippen LogP contribution in [0.5, 0.6) is 0 Å². The van der Waals surface area contributed by atoms with Crippen LogP contribution in [0.4, 0.5) is 0 Å². The van der Waals surface area contributed by atoms with E-state index >= 15 is 0 Å². The number of unbranched alkanes of at least 4 members (excludes halogenated alkanes) is 1. The first kappa shape index (κ1) is 23.2. The van der Waals surface area contributed by atoms with Crippen LogP contribution in [0.2, 0.25) is 0 Å². The van der Waals surface area contributed by atoms with E-state index in [0.29, 0.717) is 5.41 Å². The molecule has 24 heavy (non-hydrogen) atoms. The minimum atomic E-state index is 0.317. The summed E-state index contributed by atoms with van der Waals surface area (Å²) in [6.45, 7) is 15.8. The van der Waals surface area contributed by atoms with E-state index in [4.69, 9.17) is 0 Å². The van der Waals surface area contributed by atoms with Crippen LogP contribution in [0, 0.1) is 11.3 Å². The Bertz CT molecular complexity index is 360. The molecule has 0 aromatic heterocycles. The van der Waals surface area contributed by atoms with Crippen molar-refractivity contribution in [1.82, 2.24) is 0 Å². The summed E-state index contributed by atoms with van der Waals surface area (Å²) < 4.78 is 0. The minimum absolute atomic E-state index is 0.317. The van der Waals surface area contributed by atoms with Crippen molar-refractivity contribution in [2.24, 2.45) is 11.3 Å². The van der Waals surface area contributed by atoms with Crippen LogP contribution in [-0.2, 0) is 0 Å². The zero-order valence-electron chi connectivity index (χ0n) is 17.4. The van der Waals surface area contributed by atoms with Crippen LogP contribution in [0.1, 0.15) is 105 Å². The molecule has 0 fully saturated rings. The van der Waals surface area contributed by atoms with Gasteiger partial charge < -0.3 is 0 Å². The largest absolute Gasteiger partial charge is 0.0996 e. The van der Waals surface area contributed by atoms with Gasteiger partial charge in [-0.15, -0.1) is 0 Å². The third-order valence-electron chi connectivity index (χ3n) is 5.55. The van der Waals surface area contributed by atoms with E-state index in [-0.39, 0.29) is 0 Å². The molecule has 0 heterocycles. The maximum atomic E-state index is 4.37. The van der Waals surface area contributed by atoms with Gasteiger partial charge in [0.2, 0.25) is 0 Å². The highest BCUT2D eigenvalue weighted by Gasteiger charge is 2.28. The van der Waals surface area contributed by atoms with E-state index in [1.54, 1.807) is 0 Å². The topological polar surface area (TPSA) is 0 Å². The van der Waals surface area contributed by atoms with Gasteiger partial charge in [-0.3, -0.25) is 0 Å². The van der Waals surface area contributed by atoms with E-state index in [1.807, 2.05) is 0 Å². The molecule has 0 aromatic rings. The molecule has 0 aliphatic rings. The number of hydrogen-bond donors (Lipinski definition) is 0. The molecule has 140 valence electrons. The van der Waals surface area contributed by atoms with Crippen LogP contribution in [0.15, 0.2) is 36.5 Å². The standard InChI is InChI=1S/C24H44/c1-7-11-12-13-15-20-24(19-9-3,22(5)6)21-16-14-18-23(10-4)17-8-2/h11-13,15,23H,5,7-10,14,16-21H2,1-4,6H3/b12-11-,15-13-. The fourth-order valence-corrected chi connectivity index (χ4v) is 3.85. The number of hydrogen-bond acceptors (Lipinski definition) is 0. The predicted octanol–water partition coefficient (Wildman–Crippen LogP) is 8.65. The predicted molar refractivity (Wildman–Crippen MR) is 113 cm³/mol. The fourth-order valence-electron chi connectivity index (χ4n) is 3.85. The van der Waals surface area contributed by atoms with Gasteiger partial charge in [0.25, 0.3) is 0 Å². The van der Waals surface area contributed by atoms with Crippen molar-refractivity contribution < 1.29 is 0 Å². The van der Waals surface area contributed by atoms with Crippen molar-refractivity contribution in [2.75, 3.05) is 0 Å². The van der Waals surface area contributed by atoms with Gasteiger partial charge in [-0.2, -0.15) is 0 Å². The Balaban J connectivity index is 4.62. The SMILES string of the molecule is C=C(C)C(C/C=C\C=C/CC)(CCC)CCCCC(CC)CCC. The summed E-state index contributed by atoms with van der Waals surface area (Å²) in [6, 6.07) is 0. The molecular weight excluding hydrogens is 288 g/mol.